The molecule has 0 aliphatic heterocycles. The molecule has 0 fully saturated rings. The van der Waals surface area contributed by atoms with E-state index >= 15 is 0 Å². The second-order valence-corrected chi connectivity index (χ2v) is 6.77. The van der Waals surface area contributed by atoms with Gasteiger partial charge < -0.3 is 14.8 Å². The van der Waals surface area contributed by atoms with Gasteiger partial charge in [0.05, 0.1) is 6.61 Å². The Bertz CT molecular complexity index is 770. The first-order valence-corrected chi connectivity index (χ1v) is 8.89. The molecule has 0 unspecified atom stereocenters. The molecule has 0 saturated heterocycles. The lowest BCUT2D eigenvalue weighted by atomic mass is 10.3. The number of nitrogens with one attached hydrogen (secondary N) is 2. The SMILES string of the molecule is CCOC(=O)NS(=O)(=O)CNc1nc(C)ccc1OCC(F)(F)C(F)(F)F. The lowest BCUT2D eigenvalue weighted by molar-refractivity contribution is -0.289. The normalized spacial score (nSPS) is 12.4. The smallest absolute Gasteiger partial charge is 0.456 e. The molecule has 14 heteroatoms. The summed E-state index contributed by atoms with van der Waals surface area (Å²) >= 11 is 0. The summed E-state index contributed by atoms with van der Waals surface area (Å²) in [5.74, 6) is -7.00. The van der Waals surface area contributed by atoms with Crippen LogP contribution in [0.4, 0.5) is 32.6 Å². The second-order valence-electron chi connectivity index (χ2n) is 5.05. The lowest BCUT2D eigenvalue weighted by Gasteiger charge is -2.20. The molecule has 154 valence electrons. The first kappa shape index (κ1) is 22.7. The molecule has 0 aliphatic carbocycles. The van der Waals surface area contributed by atoms with Gasteiger partial charge in [-0.15, -0.1) is 0 Å². The van der Waals surface area contributed by atoms with Gasteiger partial charge in [0.25, 0.3) is 10.0 Å². The van der Waals surface area contributed by atoms with Gasteiger partial charge in [0.15, 0.2) is 18.2 Å². The van der Waals surface area contributed by atoms with Crippen LogP contribution in [0.15, 0.2) is 12.1 Å². The van der Waals surface area contributed by atoms with Crippen LogP contribution in [0, 0.1) is 6.92 Å². The van der Waals surface area contributed by atoms with E-state index in [2.05, 4.69) is 19.8 Å². The standard InChI is InChI=1S/C13H16F5N3O5S/c1-3-25-11(22)21-27(23,24)7-19-10-9(5-4-8(2)20-10)26-6-12(14,15)13(16,17)18/h4-5H,3,6-7H2,1-2H3,(H,19,20)(H,21,22). The molecule has 0 aromatic carbocycles. The second kappa shape index (κ2) is 8.54. The van der Waals surface area contributed by atoms with Gasteiger partial charge in [0, 0.05) is 5.69 Å². The minimum absolute atomic E-state index is 0.0837. The fourth-order valence-electron chi connectivity index (χ4n) is 1.52. The molecule has 8 nitrogen and oxygen atoms in total. The highest BCUT2D eigenvalue weighted by molar-refractivity contribution is 7.90. The summed E-state index contributed by atoms with van der Waals surface area (Å²) in [4.78, 5) is 14.9. The van der Waals surface area contributed by atoms with Crippen molar-refractivity contribution < 1.29 is 44.6 Å². The van der Waals surface area contributed by atoms with Crippen LogP contribution in [-0.4, -0.2) is 50.7 Å². The van der Waals surface area contributed by atoms with E-state index in [0.29, 0.717) is 5.69 Å². The zero-order valence-electron chi connectivity index (χ0n) is 14.1. The third-order valence-corrected chi connectivity index (χ3v) is 3.77. The van der Waals surface area contributed by atoms with Gasteiger partial charge in [-0.1, -0.05) is 0 Å². The van der Waals surface area contributed by atoms with Crippen LogP contribution in [0.5, 0.6) is 5.75 Å². The van der Waals surface area contributed by atoms with E-state index in [0.717, 1.165) is 6.07 Å². The number of hydrogen-bond donors (Lipinski definition) is 2. The number of amides is 1. The highest BCUT2D eigenvalue weighted by Crippen LogP contribution is 2.36. The summed E-state index contributed by atoms with van der Waals surface area (Å²) in [5.41, 5.74) is 0.295. The zero-order valence-corrected chi connectivity index (χ0v) is 14.9. The van der Waals surface area contributed by atoms with Crippen LogP contribution < -0.4 is 14.8 Å². The van der Waals surface area contributed by atoms with Crippen molar-refractivity contribution in [1.29, 1.82) is 0 Å². The summed E-state index contributed by atoms with van der Waals surface area (Å²) in [6.45, 7) is 0.801. The number of sulfonamides is 1. The number of halogens is 5. The number of pyridine rings is 1. The van der Waals surface area contributed by atoms with Gasteiger partial charge in [0.1, 0.15) is 5.88 Å². The minimum Gasteiger partial charge on any atom is -0.483 e. The van der Waals surface area contributed by atoms with Crippen LogP contribution in [-0.2, 0) is 14.8 Å². The number of ether oxygens (including phenoxy) is 2. The number of hydrogen-bond acceptors (Lipinski definition) is 7. The molecule has 1 aromatic heterocycles. The summed E-state index contributed by atoms with van der Waals surface area (Å²) in [6, 6.07) is 2.31. The average molecular weight is 421 g/mol. The predicted octanol–water partition coefficient (Wildman–Crippen LogP) is 2.41. The van der Waals surface area contributed by atoms with Gasteiger partial charge >= 0.3 is 18.2 Å². The molecule has 2 N–H and O–H groups in total. The van der Waals surface area contributed by atoms with Crippen molar-refractivity contribution >= 4 is 21.9 Å². The largest absolute Gasteiger partial charge is 0.483 e. The third-order valence-electron chi connectivity index (χ3n) is 2.77. The van der Waals surface area contributed by atoms with E-state index < -0.39 is 52.3 Å². The number of rotatable bonds is 8. The highest BCUT2D eigenvalue weighted by atomic mass is 32.2. The van der Waals surface area contributed by atoms with Crippen LogP contribution in [0.2, 0.25) is 0 Å². The molecule has 0 radical (unpaired) electrons. The number of carbonyl (C=O) groups is 1. The predicted molar refractivity (Wildman–Crippen MR) is 83.0 cm³/mol. The maximum Gasteiger partial charge on any atom is 0.456 e. The molecule has 1 aromatic rings. The van der Waals surface area contributed by atoms with Crippen LogP contribution >= 0.6 is 0 Å². The molecule has 0 spiro atoms. The number of alkyl halides is 5. The summed E-state index contributed by atoms with van der Waals surface area (Å²) in [7, 11) is -4.26. The zero-order chi connectivity index (χ0) is 20.9. The van der Waals surface area contributed by atoms with Crippen molar-refractivity contribution in [2.24, 2.45) is 0 Å². The summed E-state index contributed by atoms with van der Waals surface area (Å²) < 4.78 is 96.4. The molecule has 1 rings (SSSR count). The Labute approximate surface area is 151 Å². The van der Waals surface area contributed by atoms with Crippen molar-refractivity contribution in [2.75, 3.05) is 24.4 Å². The Kier molecular flexibility index (Phi) is 7.17. The molecule has 0 aliphatic rings. The van der Waals surface area contributed by atoms with E-state index in [1.165, 1.54) is 19.9 Å². The first-order chi connectivity index (χ1) is 12.3. The Morgan fingerprint density at radius 3 is 2.41 bits per heavy atom. The van der Waals surface area contributed by atoms with Crippen LogP contribution in [0.25, 0.3) is 0 Å². The minimum atomic E-state index is -5.81. The quantitative estimate of drug-likeness (QED) is 0.621. The van der Waals surface area contributed by atoms with Crippen molar-refractivity contribution in [3.05, 3.63) is 17.8 Å². The number of carbonyl (C=O) groups excluding carboxylic acids is 1. The van der Waals surface area contributed by atoms with Crippen molar-refractivity contribution in [1.82, 2.24) is 9.71 Å². The molecular formula is C13H16F5N3O5S. The fourth-order valence-corrected chi connectivity index (χ4v) is 2.24. The highest BCUT2D eigenvalue weighted by Gasteiger charge is 2.58. The Balaban J connectivity index is 2.87. The number of aryl methyl sites for hydroxylation is 1. The first-order valence-electron chi connectivity index (χ1n) is 7.23. The number of nitrogens with zero attached hydrogens (tertiary/aromatic N) is 1. The number of anilines is 1. The van der Waals surface area contributed by atoms with Crippen molar-refractivity contribution in [3.8, 4) is 5.75 Å². The van der Waals surface area contributed by atoms with Gasteiger partial charge in [-0.25, -0.2) is 22.9 Å². The molecule has 1 amide bonds. The molecule has 0 bridgehead atoms. The van der Waals surface area contributed by atoms with Gasteiger partial charge in [-0.05, 0) is 26.0 Å². The molecule has 0 saturated carbocycles. The van der Waals surface area contributed by atoms with Gasteiger partial charge in [-0.3, -0.25) is 0 Å². The molecular weight excluding hydrogens is 405 g/mol. The van der Waals surface area contributed by atoms with E-state index in [9.17, 15) is 35.2 Å². The van der Waals surface area contributed by atoms with Gasteiger partial charge in [0.2, 0.25) is 0 Å². The molecule has 27 heavy (non-hydrogen) atoms. The monoisotopic (exact) mass is 421 g/mol. The Hall–Kier alpha value is -2.38. The van der Waals surface area contributed by atoms with Crippen molar-refractivity contribution in [2.45, 2.75) is 25.9 Å². The van der Waals surface area contributed by atoms with E-state index in [1.54, 1.807) is 4.72 Å². The Morgan fingerprint density at radius 2 is 1.85 bits per heavy atom. The maximum atomic E-state index is 13.0. The van der Waals surface area contributed by atoms with E-state index in [4.69, 9.17) is 0 Å². The molecule has 1 heterocycles. The van der Waals surface area contributed by atoms with Crippen LogP contribution in [0.3, 0.4) is 0 Å². The van der Waals surface area contributed by atoms with E-state index in [-0.39, 0.29) is 6.61 Å². The topological polar surface area (TPSA) is 107 Å². The lowest BCUT2D eigenvalue weighted by Crippen LogP contribution is -2.41. The summed E-state index contributed by atoms with van der Waals surface area (Å²) in [5, 5.41) is 2.20. The third kappa shape index (κ3) is 7.03. The fraction of sp³-hybridized carbons (Fsp3) is 0.538. The maximum absolute atomic E-state index is 13.0. The Morgan fingerprint density at radius 1 is 1.22 bits per heavy atom. The molecule has 0 atom stereocenters. The van der Waals surface area contributed by atoms with Crippen molar-refractivity contribution in [3.63, 3.8) is 0 Å². The summed E-state index contributed by atoms with van der Waals surface area (Å²) in [6.07, 6.45) is -7.05. The van der Waals surface area contributed by atoms with E-state index in [1.807, 2.05) is 0 Å². The number of aromatic nitrogens is 1. The average Bonchev–Trinajstić information content (AvgIpc) is 2.50. The van der Waals surface area contributed by atoms with Gasteiger partial charge in [-0.2, -0.15) is 22.0 Å². The van der Waals surface area contributed by atoms with Crippen LogP contribution in [0.1, 0.15) is 12.6 Å².